The van der Waals surface area contributed by atoms with Crippen molar-refractivity contribution < 1.29 is 9.53 Å². The van der Waals surface area contributed by atoms with Crippen LogP contribution < -0.4 is 10.5 Å². The Morgan fingerprint density at radius 3 is 2.57 bits per heavy atom. The van der Waals surface area contributed by atoms with Gasteiger partial charge in [-0.05, 0) is 64.6 Å². The van der Waals surface area contributed by atoms with Gasteiger partial charge in [0.05, 0.1) is 13.2 Å². The van der Waals surface area contributed by atoms with Crippen LogP contribution in [0.25, 0.3) is 11.1 Å². The quantitative estimate of drug-likeness (QED) is 0.601. The highest BCUT2D eigenvalue weighted by atomic mass is 35.5. The van der Waals surface area contributed by atoms with E-state index in [2.05, 4.69) is 18.2 Å². The molecule has 3 aromatic carbocycles. The standard InChI is InChI=1S/C24H22Cl2N2O2/c1-30-21-4-2-3-15(10-21)16-5-6-18-13-28(14-19(18)9-16)24(29)23(27)11-17-7-8-20(25)12-22(17)26/h2-10,12,23H,11,13-14,27H2,1H3/t23-/m1/s1. The Labute approximate surface area is 186 Å². The van der Waals surface area contributed by atoms with Crippen LogP contribution in [-0.2, 0) is 24.3 Å². The number of halogens is 2. The number of benzene rings is 3. The van der Waals surface area contributed by atoms with E-state index in [-0.39, 0.29) is 5.91 Å². The van der Waals surface area contributed by atoms with Crippen molar-refractivity contribution in [2.24, 2.45) is 5.73 Å². The van der Waals surface area contributed by atoms with Gasteiger partial charge in [-0.25, -0.2) is 0 Å². The van der Waals surface area contributed by atoms with Gasteiger partial charge in [-0.2, -0.15) is 0 Å². The van der Waals surface area contributed by atoms with Gasteiger partial charge in [-0.1, -0.05) is 53.5 Å². The Balaban J connectivity index is 1.47. The molecule has 3 aromatic rings. The summed E-state index contributed by atoms with van der Waals surface area (Å²) >= 11 is 12.2. The molecule has 1 aliphatic rings. The van der Waals surface area contributed by atoms with Crippen LogP contribution in [0.15, 0.2) is 60.7 Å². The molecule has 1 atom stereocenters. The summed E-state index contributed by atoms with van der Waals surface area (Å²) in [5, 5.41) is 1.09. The molecule has 1 aliphatic heterocycles. The maximum absolute atomic E-state index is 13.0. The lowest BCUT2D eigenvalue weighted by Gasteiger charge is -2.20. The molecule has 30 heavy (non-hydrogen) atoms. The maximum atomic E-state index is 13.0. The summed E-state index contributed by atoms with van der Waals surface area (Å²) in [7, 11) is 1.66. The van der Waals surface area contributed by atoms with Crippen LogP contribution in [0.3, 0.4) is 0 Å². The topological polar surface area (TPSA) is 55.6 Å². The number of nitrogens with two attached hydrogens (primary N) is 1. The number of carbonyl (C=O) groups is 1. The van der Waals surface area contributed by atoms with Crippen LogP contribution in [0.1, 0.15) is 16.7 Å². The summed E-state index contributed by atoms with van der Waals surface area (Å²) in [6.45, 7) is 1.11. The van der Waals surface area contributed by atoms with Gasteiger partial charge in [0.2, 0.25) is 5.91 Å². The molecule has 0 saturated carbocycles. The summed E-state index contributed by atoms with van der Waals surface area (Å²) in [5.41, 5.74) is 11.5. The number of hydrogen-bond acceptors (Lipinski definition) is 3. The first kappa shape index (κ1) is 20.7. The van der Waals surface area contributed by atoms with Crippen molar-refractivity contribution in [3.05, 3.63) is 87.4 Å². The van der Waals surface area contributed by atoms with Crippen LogP contribution >= 0.6 is 23.2 Å². The number of nitrogens with zero attached hydrogens (tertiary/aromatic N) is 1. The van der Waals surface area contributed by atoms with Gasteiger partial charge < -0.3 is 15.4 Å². The zero-order chi connectivity index (χ0) is 21.3. The summed E-state index contributed by atoms with van der Waals surface area (Å²) < 4.78 is 5.32. The fraction of sp³-hybridized carbons (Fsp3) is 0.208. The monoisotopic (exact) mass is 440 g/mol. The van der Waals surface area contributed by atoms with E-state index < -0.39 is 6.04 Å². The zero-order valence-corrected chi connectivity index (χ0v) is 18.1. The van der Waals surface area contributed by atoms with Crippen molar-refractivity contribution in [2.75, 3.05) is 7.11 Å². The normalized spacial score (nSPS) is 13.8. The van der Waals surface area contributed by atoms with Crippen LogP contribution in [0.5, 0.6) is 5.75 Å². The molecule has 0 bridgehead atoms. The second-order valence-electron chi connectivity index (χ2n) is 7.46. The summed E-state index contributed by atoms with van der Waals surface area (Å²) in [6.07, 6.45) is 0.372. The lowest BCUT2D eigenvalue weighted by molar-refractivity contribution is -0.133. The molecule has 0 spiro atoms. The molecule has 6 heteroatoms. The van der Waals surface area contributed by atoms with Gasteiger partial charge in [-0.15, -0.1) is 0 Å². The van der Waals surface area contributed by atoms with Crippen molar-refractivity contribution in [2.45, 2.75) is 25.6 Å². The Morgan fingerprint density at radius 1 is 1.03 bits per heavy atom. The van der Waals surface area contributed by atoms with Crippen molar-refractivity contribution >= 4 is 29.1 Å². The molecule has 0 unspecified atom stereocenters. The van der Waals surface area contributed by atoms with E-state index in [1.54, 1.807) is 24.1 Å². The fourth-order valence-corrected chi connectivity index (χ4v) is 4.26. The fourth-order valence-electron chi connectivity index (χ4n) is 3.78. The van der Waals surface area contributed by atoms with E-state index in [0.717, 1.165) is 33.6 Å². The third-order valence-corrected chi connectivity index (χ3v) is 6.00. The molecule has 0 fully saturated rings. The zero-order valence-electron chi connectivity index (χ0n) is 16.6. The summed E-state index contributed by atoms with van der Waals surface area (Å²) in [5.74, 6) is 0.733. The number of ether oxygens (including phenoxy) is 1. The Morgan fingerprint density at radius 2 is 1.80 bits per heavy atom. The maximum Gasteiger partial charge on any atom is 0.240 e. The third kappa shape index (κ3) is 4.31. The van der Waals surface area contributed by atoms with Crippen molar-refractivity contribution in [3.63, 3.8) is 0 Å². The molecular formula is C24H22Cl2N2O2. The molecule has 2 N–H and O–H groups in total. The summed E-state index contributed by atoms with van der Waals surface area (Å²) in [4.78, 5) is 14.8. The predicted molar refractivity (Wildman–Crippen MR) is 121 cm³/mol. The molecule has 154 valence electrons. The first-order chi connectivity index (χ1) is 14.4. The number of carbonyl (C=O) groups excluding carboxylic acids is 1. The second kappa shape index (κ2) is 8.68. The average molecular weight is 441 g/mol. The largest absolute Gasteiger partial charge is 0.497 e. The van der Waals surface area contributed by atoms with E-state index >= 15 is 0 Å². The number of rotatable bonds is 5. The lowest BCUT2D eigenvalue weighted by Crippen LogP contribution is -2.42. The minimum absolute atomic E-state index is 0.0832. The van der Waals surface area contributed by atoms with Crippen molar-refractivity contribution in [1.29, 1.82) is 0 Å². The van der Waals surface area contributed by atoms with Gasteiger partial charge in [0.15, 0.2) is 0 Å². The predicted octanol–water partition coefficient (Wildman–Crippen LogP) is 5.08. The molecule has 0 radical (unpaired) electrons. The molecule has 4 rings (SSSR count). The first-order valence-corrected chi connectivity index (χ1v) is 10.4. The molecule has 0 saturated heterocycles. The minimum atomic E-state index is -0.657. The van der Waals surface area contributed by atoms with Gasteiger partial charge in [0.1, 0.15) is 5.75 Å². The van der Waals surface area contributed by atoms with Gasteiger partial charge in [0, 0.05) is 23.1 Å². The smallest absolute Gasteiger partial charge is 0.240 e. The van der Waals surface area contributed by atoms with Gasteiger partial charge in [-0.3, -0.25) is 4.79 Å². The van der Waals surface area contributed by atoms with Crippen molar-refractivity contribution in [1.82, 2.24) is 4.90 Å². The van der Waals surface area contributed by atoms with Gasteiger partial charge >= 0.3 is 0 Å². The van der Waals surface area contributed by atoms with Crippen LogP contribution in [0.2, 0.25) is 10.0 Å². The van der Waals surface area contributed by atoms with Crippen molar-refractivity contribution in [3.8, 4) is 16.9 Å². The second-order valence-corrected chi connectivity index (χ2v) is 8.30. The Kier molecular flexibility index (Phi) is 6.00. The highest BCUT2D eigenvalue weighted by molar-refractivity contribution is 6.35. The third-order valence-electron chi connectivity index (χ3n) is 5.42. The minimum Gasteiger partial charge on any atom is -0.497 e. The summed E-state index contributed by atoms with van der Waals surface area (Å²) in [6, 6.07) is 18.8. The SMILES string of the molecule is COc1cccc(-c2ccc3c(c2)CN(C(=O)[C@H](N)Cc2ccc(Cl)cc2Cl)C3)c1. The molecule has 0 aliphatic carbocycles. The van der Waals surface area contributed by atoms with Crippen LogP contribution in [-0.4, -0.2) is 24.0 Å². The molecular weight excluding hydrogens is 419 g/mol. The van der Waals surface area contributed by atoms with E-state index in [1.807, 2.05) is 30.3 Å². The van der Waals surface area contributed by atoms with Crippen LogP contribution in [0.4, 0.5) is 0 Å². The highest BCUT2D eigenvalue weighted by Crippen LogP contribution is 2.30. The molecule has 1 heterocycles. The number of hydrogen-bond donors (Lipinski definition) is 1. The average Bonchev–Trinajstić information content (AvgIpc) is 3.18. The lowest BCUT2D eigenvalue weighted by atomic mass is 10.0. The number of methoxy groups -OCH3 is 1. The number of fused-ring (bicyclic) bond motifs is 1. The Bertz CT molecular complexity index is 1100. The highest BCUT2D eigenvalue weighted by Gasteiger charge is 2.28. The van der Waals surface area contributed by atoms with Crippen LogP contribution in [0, 0.1) is 0 Å². The van der Waals surface area contributed by atoms with E-state index in [1.165, 1.54) is 0 Å². The molecule has 1 amide bonds. The molecule has 0 aromatic heterocycles. The van der Waals surface area contributed by atoms with E-state index in [0.29, 0.717) is 29.6 Å². The van der Waals surface area contributed by atoms with E-state index in [4.69, 9.17) is 33.7 Å². The first-order valence-electron chi connectivity index (χ1n) is 9.69. The molecule has 4 nitrogen and oxygen atoms in total. The number of amides is 1. The van der Waals surface area contributed by atoms with E-state index in [9.17, 15) is 4.79 Å². The Hall–Kier alpha value is -2.53. The van der Waals surface area contributed by atoms with Gasteiger partial charge in [0.25, 0.3) is 0 Å².